The Kier molecular flexibility index (Phi) is 5.41. The summed E-state index contributed by atoms with van der Waals surface area (Å²) in [7, 11) is 2.10. The van der Waals surface area contributed by atoms with Gasteiger partial charge < -0.3 is 21.3 Å². The largest absolute Gasteiger partial charge is 0.382 e. The average molecular weight is 311 g/mol. The molecule has 0 saturated carbocycles. The fourth-order valence-corrected chi connectivity index (χ4v) is 3.20. The molecule has 0 spiro atoms. The molecular weight excluding hydrogens is 286 g/mol. The average Bonchev–Trinajstić information content (AvgIpc) is 3.00. The van der Waals surface area contributed by atoms with Gasteiger partial charge in [-0.15, -0.1) is 0 Å². The van der Waals surface area contributed by atoms with Crippen molar-refractivity contribution in [3.8, 4) is 0 Å². The van der Waals surface area contributed by atoms with E-state index in [4.69, 9.17) is 5.73 Å². The summed E-state index contributed by atoms with van der Waals surface area (Å²) in [5, 5.41) is 6.89. The van der Waals surface area contributed by atoms with Crippen molar-refractivity contribution in [3.63, 3.8) is 0 Å². The lowest BCUT2D eigenvalue weighted by atomic mass is 10.2. The lowest BCUT2D eigenvalue weighted by molar-refractivity contribution is 0.0948. The number of nitrogen functional groups attached to an aromatic ring is 1. The minimum atomic E-state index is -0.122. The maximum Gasteiger partial charge on any atom is 0.265 e. The molecule has 4 N–H and O–H groups in total. The molecule has 2 rings (SSSR count). The number of nitrogens with one attached hydrogen (secondary N) is 2. The quantitative estimate of drug-likeness (QED) is 0.743. The van der Waals surface area contributed by atoms with Crippen LogP contribution in [0.1, 0.15) is 36.4 Å². The minimum absolute atomic E-state index is 0.122. The topological polar surface area (TPSA) is 83.3 Å². The van der Waals surface area contributed by atoms with Crippen molar-refractivity contribution in [2.24, 2.45) is 5.92 Å². The van der Waals surface area contributed by atoms with Gasteiger partial charge in [-0.2, -0.15) is 0 Å². The lowest BCUT2D eigenvalue weighted by Gasteiger charge is -2.19. The molecule has 1 aliphatic heterocycles. The standard InChI is InChI=1S/C14H25N5OS/c1-9(2)7-17-14-18-12(15)11(21-14)13(20)16-8-10-5-4-6-19(10)3/h9-10H,4-8,15H2,1-3H3,(H,16,20)(H,17,18). The summed E-state index contributed by atoms with van der Waals surface area (Å²) in [5.41, 5.74) is 5.85. The van der Waals surface area contributed by atoms with Crippen LogP contribution in [0.15, 0.2) is 0 Å². The first-order chi connectivity index (χ1) is 9.97. The molecule has 118 valence electrons. The van der Waals surface area contributed by atoms with E-state index >= 15 is 0 Å². The number of carbonyl (C=O) groups is 1. The Balaban J connectivity index is 1.89. The number of aromatic nitrogens is 1. The Morgan fingerprint density at radius 2 is 2.33 bits per heavy atom. The normalized spacial score (nSPS) is 19.1. The van der Waals surface area contributed by atoms with Gasteiger partial charge in [0.2, 0.25) is 0 Å². The van der Waals surface area contributed by atoms with Crippen LogP contribution in [0.25, 0.3) is 0 Å². The van der Waals surface area contributed by atoms with Crippen LogP contribution in [0, 0.1) is 5.92 Å². The van der Waals surface area contributed by atoms with E-state index in [9.17, 15) is 4.79 Å². The van der Waals surface area contributed by atoms with E-state index in [1.54, 1.807) is 0 Å². The third-order valence-electron chi connectivity index (χ3n) is 3.69. The molecule has 1 amide bonds. The molecule has 1 aromatic heterocycles. The number of thiazole rings is 1. The number of likely N-dealkylation sites (N-methyl/N-ethyl adjacent to an activating group) is 1. The second-order valence-electron chi connectivity index (χ2n) is 5.99. The van der Waals surface area contributed by atoms with Gasteiger partial charge in [0, 0.05) is 19.1 Å². The second kappa shape index (κ2) is 7.09. The highest BCUT2D eigenvalue weighted by atomic mass is 32.1. The van der Waals surface area contributed by atoms with Crippen LogP contribution in [0.3, 0.4) is 0 Å². The van der Waals surface area contributed by atoms with Crippen LogP contribution in [0.2, 0.25) is 0 Å². The van der Waals surface area contributed by atoms with Gasteiger partial charge in [-0.05, 0) is 32.4 Å². The molecule has 0 aromatic carbocycles. The van der Waals surface area contributed by atoms with E-state index in [1.165, 1.54) is 17.8 Å². The first-order valence-electron chi connectivity index (χ1n) is 7.46. The van der Waals surface area contributed by atoms with Crippen LogP contribution in [0.5, 0.6) is 0 Å². The van der Waals surface area contributed by atoms with Gasteiger partial charge in [-0.3, -0.25) is 4.79 Å². The molecular formula is C14H25N5OS. The number of hydrogen-bond donors (Lipinski definition) is 3. The van der Waals surface area contributed by atoms with Gasteiger partial charge >= 0.3 is 0 Å². The maximum atomic E-state index is 12.2. The van der Waals surface area contributed by atoms with Gasteiger partial charge in [0.1, 0.15) is 10.7 Å². The van der Waals surface area contributed by atoms with Crippen molar-refractivity contribution in [1.82, 2.24) is 15.2 Å². The van der Waals surface area contributed by atoms with Crippen LogP contribution >= 0.6 is 11.3 Å². The molecule has 0 radical (unpaired) electrons. The van der Waals surface area contributed by atoms with Crippen molar-refractivity contribution in [3.05, 3.63) is 4.88 Å². The van der Waals surface area contributed by atoms with Crippen LogP contribution in [0.4, 0.5) is 10.9 Å². The second-order valence-corrected chi connectivity index (χ2v) is 6.99. The zero-order valence-electron chi connectivity index (χ0n) is 13.0. The lowest BCUT2D eigenvalue weighted by Crippen LogP contribution is -2.38. The number of amides is 1. The molecule has 2 heterocycles. The van der Waals surface area contributed by atoms with Crippen LogP contribution in [-0.2, 0) is 0 Å². The van der Waals surface area contributed by atoms with E-state index in [2.05, 4.69) is 41.4 Å². The molecule has 1 aliphatic rings. The Labute approximate surface area is 130 Å². The van der Waals surface area contributed by atoms with Crippen LogP contribution < -0.4 is 16.4 Å². The smallest absolute Gasteiger partial charge is 0.265 e. The summed E-state index contributed by atoms with van der Waals surface area (Å²) in [6.07, 6.45) is 2.33. The molecule has 7 heteroatoms. The third-order valence-corrected chi connectivity index (χ3v) is 4.72. The van der Waals surface area contributed by atoms with Gasteiger partial charge in [0.05, 0.1) is 0 Å². The summed E-state index contributed by atoms with van der Waals surface area (Å²) < 4.78 is 0. The molecule has 1 fully saturated rings. The SMILES string of the molecule is CC(C)CNc1nc(N)c(C(=O)NCC2CCCN2C)s1. The van der Waals surface area contributed by atoms with Crippen molar-refractivity contribution >= 4 is 28.2 Å². The van der Waals surface area contributed by atoms with Crippen molar-refractivity contribution in [2.75, 3.05) is 37.7 Å². The first kappa shape index (κ1) is 16.0. The van der Waals surface area contributed by atoms with E-state index in [-0.39, 0.29) is 5.91 Å². The Bertz CT molecular complexity index is 488. The molecule has 0 bridgehead atoms. The predicted octanol–water partition coefficient (Wildman–Crippen LogP) is 1.62. The van der Waals surface area contributed by atoms with Crippen molar-refractivity contribution in [1.29, 1.82) is 0 Å². The molecule has 1 saturated heterocycles. The fraction of sp³-hybridized carbons (Fsp3) is 0.714. The number of nitrogens with two attached hydrogens (primary N) is 1. The molecule has 6 nitrogen and oxygen atoms in total. The van der Waals surface area contributed by atoms with E-state index < -0.39 is 0 Å². The van der Waals surface area contributed by atoms with Crippen molar-refractivity contribution < 1.29 is 4.79 Å². The minimum Gasteiger partial charge on any atom is -0.382 e. The summed E-state index contributed by atoms with van der Waals surface area (Å²) in [5.74, 6) is 0.705. The summed E-state index contributed by atoms with van der Waals surface area (Å²) >= 11 is 1.32. The highest BCUT2D eigenvalue weighted by molar-refractivity contribution is 7.18. The van der Waals surface area contributed by atoms with Gasteiger partial charge in [0.15, 0.2) is 5.13 Å². The van der Waals surface area contributed by atoms with E-state index in [0.717, 1.165) is 19.5 Å². The molecule has 1 aromatic rings. The monoisotopic (exact) mass is 311 g/mol. The van der Waals surface area contributed by atoms with Gasteiger partial charge in [-0.1, -0.05) is 25.2 Å². The number of anilines is 2. The summed E-state index contributed by atoms with van der Waals surface area (Å²) in [4.78, 5) is 19.2. The summed E-state index contributed by atoms with van der Waals surface area (Å²) in [6.45, 7) is 6.83. The van der Waals surface area contributed by atoms with Crippen LogP contribution in [-0.4, -0.2) is 48.5 Å². The number of nitrogens with zero attached hydrogens (tertiary/aromatic N) is 2. The van der Waals surface area contributed by atoms with E-state index in [1.807, 2.05) is 0 Å². The molecule has 0 aliphatic carbocycles. The van der Waals surface area contributed by atoms with Gasteiger partial charge in [-0.25, -0.2) is 4.98 Å². The first-order valence-corrected chi connectivity index (χ1v) is 8.27. The maximum absolute atomic E-state index is 12.2. The third kappa shape index (κ3) is 4.31. The van der Waals surface area contributed by atoms with E-state index in [0.29, 0.717) is 34.3 Å². The van der Waals surface area contributed by atoms with Gasteiger partial charge in [0.25, 0.3) is 5.91 Å². The number of rotatable bonds is 6. The number of carbonyl (C=O) groups excluding carboxylic acids is 1. The zero-order valence-corrected chi connectivity index (χ0v) is 13.8. The number of likely N-dealkylation sites (tertiary alicyclic amines) is 1. The highest BCUT2D eigenvalue weighted by Gasteiger charge is 2.22. The Hall–Kier alpha value is -1.34. The predicted molar refractivity (Wildman–Crippen MR) is 87.8 cm³/mol. The summed E-state index contributed by atoms with van der Waals surface area (Å²) in [6, 6.07) is 0.432. The molecule has 1 unspecified atom stereocenters. The van der Waals surface area contributed by atoms with Crippen molar-refractivity contribution in [2.45, 2.75) is 32.7 Å². The number of hydrogen-bond acceptors (Lipinski definition) is 6. The molecule has 1 atom stereocenters. The fourth-order valence-electron chi connectivity index (χ4n) is 2.39. The zero-order chi connectivity index (χ0) is 15.4. The molecule has 21 heavy (non-hydrogen) atoms. The Morgan fingerprint density at radius 3 is 2.95 bits per heavy atom. The Morgan fingerprint density at radius 1 is 1.57 bits per heavy atom. The highest BCUT2D eigenvalue weighted by Crippen LogP contribution is 2.25.